The molecule has 1 amide bonds. The maximum Gasteiger partial charge on any atom is 0.270 e. The number of aryl methyl sites for hydroxylation is 1. The van der Waals surface area contributed by atoms with Gasteiger partial charge >= 0.3 is 0 Å². The van der Waals surface area contributed by atoms with Gasteiger partial charge in [-0.15, -0.1) is 23.2 Å². The number of carbonyl (C=O) groups excluding carboxylic acids is 1. The molecule has 0 unspecified atom stereocenters. The van der Waals surface area contributed by atoms with Gasteiger partial charge in [-0.05, 0) is 18.6 Å². The Balaban J connectivity index is 2.37. The molecule has 1 N–H and O–H groups in total. The first kappa shape index (κ1) is 14.2. The topological polar surface area (TPSA) is 36.1 Å². The van der Waals surface area contributed by atoms with Crippen LogP contribution < -0.4 is 0 Å². The Morgan fingerprint density at radius 1 is 1.21 bits per heavy atom. The number of benzene rings is 1. The Kier molecular flexibility index (Phi) is 4.72. The highest BCUT2D eigenvalue weighted by molar-refractivity contribution is 6.18. The summed E-state index contributed by atoms with van der Waals surface area (Å²) in [5.41, 5.74) is 2.56. The maximum absolute atomic E-state index is 12.5. The standard InChI is InChI=1S/C14H16Cl2N2O/c1-10-11-4-2-3-5-12(11)17-13(10)14(19)18(8-6-15)9-7-16/h2-5,17H,6-9H2,1H3. The summed E-state index contributed by atoms with van der Waals surface area (Å²) in [6, 6.07) is 7.88. The van der Waals surface area contributed by atoms with Crippen LogP contribution in [0.5, 0.6) is 0 Å². The molecule has 0 saturated heterocycles. The average Bonchev–Trinajstić information content (AvgIpc) is 2.76. The highest BCUT2D eigenvalue weighted by atomic mass is 35.5. The number of hydrogen-bond donors (Lipinski definition) is 1. The number of H-pyrrole nitrogens is 1. The fourth-order valence-electron chi connectivity index (χ4n) is 2.17. The lowest BCUT2D eigenvalue weighted by atomic mass is 10.1. The number of para-hydroxylation sites is 1. The molecule has 0 radical (unpaired) electrons. The number of halogens is 2. The number of fused-ring (bicyclic) bond motifs is 1. The first-order valence-electron chi connectivity index (χ1n) is 6.17. The largest absolute Gasteiger partial charge is 0.350 e. The maximum atomic E-state index is 12.5. The van der Waals surface area contributed by atoms with Gasteiger partial charge in [0, 0.05) is 35.8 Å². The van der Waals surface area contributed by atoms with Crippen molar-refractivity contribution in [3.05, 3.63) is 35.5 Å². The SMILES string of the molecule is Cc1c(C(=O)N(CCCl)CCCl)[nH]c2ccccc12. The van der Waals surface area contributed by atoms with E-state index in [2.05, 4.69) is 4.98 Å². The lowest BCUT2D eigenvalue weighted by molar-refractivity contribution is 0.0769. The minimum Gasteiger partial charge on any atom is -0.350 e. The Hall–Kier alpha value is -1.19. The zero-order valence-electron chi connectivity index (χ0n) is 10.7. The number of rotatable bonds is 5. The van der Waals surface area contributed by atoms with Crippen molar-refractivity contribution in [2.45, 2.75) is 6.92 Å². The van der Waals surface area contributed by atoms with Gasteiger partial charge in [-0.3, -0.25) is 4.79 Å². The molecule has 0 fully saturated rings. The third-order valence-corrected chi connectivity index (χ3v) is 3.51. The van der Waals surface area contributed by atoms with E-state index in [0.717, 1.165) is 16.5 Å². The molecule has 0 spiro atoms. The second-order valence-corrected chi connectivity index (χ2v) is 5.10. The van der Waals surface area contributed by atoms with Crippen LogP contribution in [-0.4, -0.2) is 40.6 Å². The number of amides is 1. The number of nitrogens with one attached hydrogen (secondary N) is 1. The highest BCUT2D eigenvalue weighted by Crippen LogP contribution is 2.22. The Morgan fingerprint density at radius 2 is 1.84 bits per heavy atom. The fraction of sp³-hybridized carbons (Fsp3) is 0.357. The monoisotopic (exact) mass is 298 g/mol. The predicted octanol–water partition coefficient (Wildman–Crippen LogP) is 3.40. The lowest BCUT2D eigenvalue weighted by Gasteiger charge is -2.20. The van der Waals surface area contributed by atoms with Crippen LogP contribution in [-0.2, 0) is 0 Å². The molecule has 1 heterocycles. The molecule has 1 aromatic carbocycles. The molecular formula is C14H16Cl2N2O. The van der Waals surface area contributed by atoms with Crippen molar-refractivity contribution in [3.8, 4) is 0 Å². The summed E-state index contributed by atoms with van der Waals surface area (Å²) < 4.78 is 0. The normalized spacial score (nSPS) is 10.9. The van der Waals surface area contributed by atoms with Gasteiger partial charge in [0.15, 0.2) is 0 Å². The molecule has 2 aromatic rings. The number of aromatic nitrogens is 1. The number of aromatic amines is 1. The quantitative estimate of drug-likeness (QED) is 0.844. The summed E-state index contributed by atoms with van der Waals surface area (Å²) in [5.74, 6) is 0.763. The molecule has 0 saturated carbocycles. The van der Waals surface area contributed by atoms with Crippen molar-refractivity contribution in [2.24, 2.45) is 0 Å². The van der Waals surface area contributed by atoms with Gasteiger partial charge in [-0.2, -0.15) is 0 Å². The fourth-order valence-corrected chi connectivity index (χ4v) is 2.58. The van der Waals surface area contributed by atoms with Crippen LogP contribution >= 0.6 is 23.2 Å². The van der Waals surface area contributed by atoms with Gasteiger partial charge in [0.2, 0.25) is 0 Å². The van der Waals surface area contributed by atoms with Crippen molar-refractivity contribution in [2.75, 3.05) is 24.8 Å². The van der Waals surface area contributed by atoms with Crippen LogP contribution in [0, 0.1) is 6.92 Å². The molecule has 3 nitrogen and oxygen atoms in total. The van der Waals surface area contributed by atoms with Gasteiger partial charge in [0.1, 0.15) is 5.69 Å². The molecule has 0 bridgehead atoms. The third-order valence-electron chi connectivity index (χ3n) is 3.18. The molecule has 19 heavy (non-hydrogen) atoms. The van der Waals surface area contributed by atoms with E-state index in [4.69, 9.17) is 23.2 Å². The summed E-state index contributed by atoms with van der Waals surface area (Å²) in [6.07, 6.45) is 0. The van der Waals surface area contributed by atoms with E-state index < -0.39 is 0 Å². The molecule has 0 atom stereocenters. The molecule has 102 valence electrons. The van der Waals surface area contributed by atoms with Crippen molar-refractivity contribution in [1.82, 2.24) is 9.88 Å². The minimum absolute atomic E-state index is 0.0463. The zero-order valence-corrected chi connectivity index (χ0v) is 12.3. The van der Waals surface area contributed by atoms with Gasteiger partial charge in [-0.25, -0.2) is 0 Å². The minimum atomic E-state index is -0.0463. The van der Waals surface area contributed by atoms with Crippen molar-refractivity contribution in [1.29, 1.82) is 0 Å². The van der Waals surface area contributed by atoms with Crippen LogP contribution in [0.2, 0.25) is 0 Å². The number of nitrogens with zero attached hydrogens (tertiary/aromatic N) is 1. The Bertz CT molecular complexity index is 574. The summed E-state index contributed by atoms with van der Waals surface area (Å²) in [6.45, 7) is 2.95. The molecule has 0 aliphatic heterocycles. The van der Waals surface area contributed by atoms with E-state index in [0.29, 0.717) is 30.5 Å². The van der Waals surface area contributed by atoms with E-state index in [-0.39, 0.29) is 5.91 Å². The van der Waals surface area contributed by atoms with Crippen molar-refractivity contribution < 1.29 is 4.79 Å². The highest BCUT2D eigenvalue weighted by Gasteiger charge is 2.20. The molecule has 0 aliphatic carbocycles. The number of alkyl halides is 2. The molecular weight excluding hydrogens is 283 g/mol. The summed E-state index contributed by atoms with van der Waals surface area (Å²) in [4.78, 5) is 17.4. The summed E-state index contributed by atoms with van der Waals surface area (Å²) in [5, 5.41) is 1.07. The van der Waals surface area contributed by atoms with Crippen LogP contribution in [0.15, 0.2) is 24.3 Å². The summed E-state index contributed by atoms with van der Waals surface area (Å²) in [7, 11) is 0. The predicted molar refractivity (Wildman–Crippen MR) is 80.4 cm³/mol. The number of hydrogen-bond acceptors (Lipinski definition) is 1. The Morgan fingerprint density at radius 3 is 2.42 bits per heavy atom. The average molecular weight is 299 g/mol. The van der Waals surface area contributed by atoms with Crippen LogP contribution in [0.1, 0.15) is 16.1 Å². The van der Waals surface area contributed by atoms with E-state index in [1.807, 2.05) is 31.2 Å². The van der Waals surface area contributed by atoms with E-state index in [1.165, 1.54) is 0 Å². The molecule has 1 aromatic heterocycles. The lowest BCUT2D eigenvalue weighted by Crippen LogP contribution is -2.35. The van der Waals surface area contributed by atoms with Crippen molar-refractivity contribution >= 4 is 40.0 Å². The van der Waals surface area contributed by atoms with Gasteiger partial charge in [0.25, 0.3) is 5.91 Å². The van der Waals surface area contributed by atoms with Crippen LogP contribution in [0.4, 0.5) is 0 Å². The zero-order chi connectivity index (χ0) is 13.8. The second-order valence-electron chi connectivity index (χ2n) is 4.34. The van der Waals surface area contributed by atoms with E-state index in [1.54, 1.807) is 4.90 Å². The van der Waals surface area contributed by atoms with Gasteiger partial charge in [-0.1, -0.05) is 18.2 Å². The molecule has 5 heteroatoms. The van der Waals surface area contributed by atoms with E-state index >= 15 is 0 Å². The van der Waals surface area contributed by atoms with E-state index in [9.17, 15) is 4.79 Å². The smallest absolute Gasteiger partial charge is 0.270 e. The first-order chi connectivity index (χ1) is 9.19. The first-order valence-corrected chi connectivity index (χ1v) is 7.24. The number of carbonyl (C=O) groups is 1. The third kappa shape index (κ3) is 2.88. The summed E-state index contributed by atoms with van der Waals surface area (Å²) >= 11 is 11.5. The second kappa shape index (κ2) is 6.31. The van der Waals surface area contributed by atoms with Gasteiger partial charge < -0.3 is 9.88 Å². The van der Waals surface area contributed by atoms with Crippen molar-refractivity contribution in [3.63, 3.8) is 0 Å². The Labute approximate surface area is 122 Å². The molecule has 0 aliphatic rings. The van der Waals surface area contributed by atoms with Crippen LogP contribution in [0.3, 0.4) is 0 Å². The van der Waals surface area contributed by atoms with Gasteiger partial charge in [0.05, 0.1) is 0 Å². The van der Waals surface area contributed by atoms with Crippen LogP contribution in [0.25, 0.3) is 10.9 Å². The molecule has 2 rings (SSSR count).